The Morgan fingerprint density at radius 1 is 1.16 bits per heavy atom. The van der Waals surface area contributed by atoms with Gasteiger partial charge in [-0.2, -0.15) is 0 Å². The van der Waals surface area contributed by atoms with E-state index in [1.807, 2.05) is 0 Å². The van der Waals surface area contributed by atoms with Gasteiger partial charge in [-0.1, -0.05) is 11.3 Å². The van der Waals surface area contributed by atoms with E-state index >= 15 is 0 Å². The van der Waals surface area contributed by atoms with Crippen LogP contribution in [0, 0.1) is 0 Å². The molecule has 0 bridgehead atoms. The molecule has 3 heterocycles. The van der Waals surface area contributed by atoms with E-state index in [0.29, 0.717) is 21.9 Å². The van der Waals surface area contributed by atoms with Crippen molar-refractivity contribution in [2.45, 2.75) is 12.8 Å². The third kappa shape index (κ3) is 2.87. The van der Waals surface area contributed by atoms with Gasteiger partial charge in [-0.15, -0.1) is 0 Å². The second kappa shape index (κ2) is 6.06. The zero-order valence-electron chi connectivity index (χ0n) is 12.9. The average molecular weight is 352 g/mol. The second-order valence-corrected chi connectivity index (χ2v) is 6.51. The molecule has 1 fully saturated rings. The molecular formula is C17H12N4O3S. The molecule has 0 radical (unpaired) electrons. The summed E-state index contributed by atoms with van der Waals surface area (Å²) in [4.78, 5) is 45.5. The molecule has 7 nitrogen and oxygen atoms in total. The van der Waals surface area contributed by atoms with Gasteiger partial charge in [0.1, 0.15) is 0 Å². The maximum atomic E-state index is 12.4. The molecule has 2 aromatic heterocycles. The van der Waals surface area contributed by atoms with E-state index < -0.39 is 0 Å². The summed E-state index contributed by atoms with van der Waals surface area (Å²) in [6.07, 6.45) is 3.62. The zero-order valence-corrected chi connectivity index (χ0v) is 13.7. The van der Waals surface area contributed by atoms with Gasteiger partial charge < -0.3 is 5.32 Å². The molecule has 0 aliphatic carbocycles. The van der Waals surface area contributed by atoms with Crippen LogP contribution in [0.1, 0.15) is 23.2 Å². The normalized spacial score (nSPS) is 14.3. The first-order valence-corrected chi connectivity index (χ1v) is 8.41. The Morgan fingerprint density at radius 2 is 1.96 bits per heavy atom. The number of rotatable bonds is 3. The molecule has 124 valence electrons. The Balaban J connectivity index is 1.63. The minimum atomic E-state index is -0.266. The van der Waals surface area contributed by atoms with E-state index in [2.05, 4.69) is 15.3 Å². The Bertz CT molecular complexity index is 984. The number of thiazole rings is 1. The van der Waals surface area contributed by atoms with Gasteiger partial charge in [-0.05, 0) is 30.3 Å². The number of fused-ring (bicyclic) bond motifs is 1. The smallest absolute Gasteiger partial charge is 0.255 e. The highest BCUT2D eigenvalue weighted by atomic mass is 32.1. The van der Waals surface area contributed by atoms with Gasteiger partial charge in [0.25, 0.3) is 5.91 Å². The minimum absolute atomic E-state index is 0.216. The van der Waals surface area contributed by atoms with Crippen molar-refractivity contribution >= 4 is 50.1 Å². The average Bonchev–Trinajstić information content (AvgIpc) is 3.17. The van der Waals surface area contributed by atoms with Crippen LogP contribution in [0.25, 0.3) is 10.2 Å². The minimum Gasteiger partial charge on any atom is -0.321 e. The van der Waals surface area contributed by atoms with Gasteiger partial charge in [-0.3, -0.25) is 19.4 Å². The van der Waals surface area contributed by atoms with Crippen LogP contribution in [0.2, 0.25) is 0 Å². The number of imide groups is 1. The quantitative estimate of drug-likeness (QED) is 0.732. The maximum Gasteiger partial charge on any atom is 0.255 e. The fraction of sp³-hybridized carbons (Fsp3) is 0.118. The van der Waals surface area contributed by atoms with Crippen LogP contribution in [0.4, 0.5) is 10.8 Å². The highest BCUT2D eigenvalue weighted by Gasteiger charge is 2.32. The number of hydrogen-bond donors (Lipinski definition) is 1. The van der Waals surface area contributed by atoms with E-state index in [-0.39, 0.29) is 30.6 Å². The Kier molecular flexibility index (Phi) is 3.73. The summed E-state index contributed by atoms with van der Waals surface area (Å²) in [6.45, 7) is 0. The van der Waals surface area contributed by atoms with Crippen LogP contribution in [0.15, 0.2) is 42.7 Å². The standard InChI is InChI=1S/C17H12N4O3S/c22-14-5-6-15(23)21(14)17-20-12-4-3-10(8-13(12)25-17)16(24)19-11-2-1-7-18-9-11/h1-4,7-9H,5-6H2,(H,19,24). The number of carbonyl (C=O) groups excluding carboxylic acids is 3. The van der Waals surface area contributed by atoms with Crippen molar-refractivity contribution in [2.24, 2.45) is 0 Å². The van der Waals surface area contributed by atoms with Crippen molar-refractivity contribution < 1.29 is 14.4 Å². The summed E-state index contributed by atoms with van der Waals surface area (Å²) < 4.78 is 0.737. The number of nitrogens with zero attached hydrogens (tertiary/aromatic N) is 3. The number of amides is 3. The van der Waals surface area contributed by atoms with E-state index in [0.717, 1.165) is 9.60 Å². The number of carbonyl (C=O) groups is 3. The van der Waals surface area contributed by atoms with E-state index in [4.69, 9.17) is 0 Å². The zero-order chi connectivity index (χ0) is 17.4. The summed E-state index contributed by atoms with van der Waals surface area (Å²) in [5.41, 5.74) is 1.71. The first-order valence-electron chi connectivity index (χ1n) is 7.59. The lowest BCUT2D eigenvalue weighted by Gasteiger charge is -2.07. The van der Waals surface area contributed by atoms with Gasteiger partial charge in [0.2, 0.25) is 11.8 Å². The molecule has 1 aliphatic rings. The highest BCUT2D eigenvalue weighted by molar-refractivity contribution is 7.22. The van der Waals surface area contributed by atoms with E-state index in [9.17, 15) is 14.4 Å². The van der Waals surface area contributed by atoms with Crippen molar-refractivity contribution in [2.75, 3.05) is 10.2 Å². The van der Waals surface area contributed by atoms with Crippen molar-refractivity contribution in [1.82, 2.24) is 9.97 Å². The first kappa shape index (κ1) is 15.4. The molecule has 0 atom stereocenters. The lowest BCUT2D eigenvalue weighted by molar-refractivity contribution is -0.121. The molecule has 8 heteroatoms. The molecule has 0 spiro atoms. The van der Waals surface area contributed by atoms with E-state index in [1.165, 1.54) is 11.3 Å². The number of anilines is 2. The molecular weight excluding hydrogens is 340 g/mol. The largest absolute Gasteiger partial charge is 0.321 e. The molecule has 1 aromatic carbocycles. The predicted octanol–water partition coefficient (Wildman–Crippen LogP) is 2.60. The number of pyridine rings is 1. The van der Waals surface area contributed by atoms with Crippen LogP contribution >= 0.6 is 11.3 Å². The third-order valence-electron chi connectivity index (χ3n) is 3.80. The van der Waals surface area contributed by atoms with Gasteiger partial charge in [-0.25, -0.2) is 9.88 Å². The number of benzene rings is 1. The van der Waals surface area contributed by atoms with Crippen LogP contribution < -0.4 is 10.2 Å². The monoisotopic (exact) mass is 352 g/mol. The first-order chi connectivity index (χ1) is 12.1. The Morgan fingerprint density at radius 3 is 2.68 bits per heavy atom. The van der Waals surface area contributed by atoms with Crippen molar-refractivity contribution in [1.29, 1.82) is 0 Å². The van der Waals surface area contributed by atoms with Crippen LogP contribution in [-0.2, 0) is 9.59 Å². The Hall–Kier alpha value is -3.13. The molecule has 0 saturated carbocycles. The Labute approximate surface area is 146 Å². The molecule has 1 N–H and O–H groups in total. The summed E-state index contributed by atoms with van der Waals surface area (Å²) in [6, 6.07) is 8.55. The maximum absolute atomic E-state index is 12.4. The van der Waals surface area contributed by atoms with Gasteiger partial charge in [0, 0.05) is 24.6 Å². The fourth-order valence-corrected chi connectivity index (χ4v) is 3.62. The predicted molar refractivity (Wildman–Crippen MR) is 93.5 cm³/mol. The molecule has 1 saturated heterocycles. The second-order valence-electron chi connectivity index (χ2n) is 5.50. The van der Waals surface area contributed by atoms with Crippen LogP contribution in [0.3, 0.4) is 0 Å². The molecule has 1 aliphatic heterocycles. The highest BCUT2D eigenvalue weighted by Crippen LogP contribution is 2.32. The van der Waals surface area contributed by atoms with Gasteiger partial charge in [0.15, 0.2) is 5.13 Å². The van der Waals surface area contributed by atoms with Crippen molar-refractivity contribution in [3.05, 3.63) is 48.3 Å². The summed E-state index contributed by atoms with van der Waals surface area (Å²) in [5, 5.41) is 3.12. The third-order valence-corrected chi connectivity index (χ3v) is 4.80. The topological polar surface area (TPSA) is 92.3 Å². The molecule has 4 rings (SSSR count). The van der Waals surface area contributed by atoms with Crippen LogP contribution in [0.5, 0.6) is 0 Å². The van der Waals surface area contributed by atoms with E-state index in [1.54, 1.807) is 42.7 Å². The van der Waals surface area contributed by atoms with Crippen LogP contribution in [-0.4, -0.2) is 27.7 Å². The molecule has 25 heavy (non-hydrogen) atoms. The summed E-state index contributed by atoms with van der Waals surface area (Å²) in [7, 11) is 0. The number of nitrogens with one attached hydrogen (secondary N) is 1. The lowest BCUT2D eigenvalue weighted by Crippen LogP contribution is -2.28. The summed E-state index contributed by atoms with van der Waals surface area (Å²) >= 11 is 1.22. The molecule has 0 unspecified atom stereocenters. The van der Waals surface area contributed by atoms with Gasteiger partial charge in [0.05, 0.1) is 22.1 Å². The lowest BCUT2D eigenvalue weighted by atomic mass is 10.2. The SMILES string of the molecule is O=C(Nc1cccnc1)c1ccc2nc(N3C(=O)CCC3=O)sc2c1. The molecule has 3 aromatic rings. The molecule has 3 amide bonds. The fourth-order valence-electron chi connectivity index (χ4n) is 2.58. The number of hydrogen-bond acceptors (Lipinski definition) is 6. The number of aromatic nitrogens is 2. The summed E-state index contributed by atoms with van der Waals surface area (Å²) in [5.74, 6) is -0.740. The van der Waals surface area contributed by atoms with Crippen molar-refractivity contribution in [3.63, 3.8) is 0 Å². The van der Waals surface area contributed by atoms with Crippen molar-refractivity contribution in [3.8, 4) is 0 Å². The van der Waals surface area contributed by atoms with Gasteiger partial charge >= 0.3 is 0 Å².